The summed E-state index contributed by atoms with van der Waals surface area (Å²) in [6.07, 6.45) is 7.40. The van der Waals surface area contributed by atoms with E-state index in [2.05, 4.69) is 16.2 Å². The second-order valence-corrected chi connectivity index (χ2v) is 4.76. The molecule has 0 bridgehead atoms. The third-order valence-corrected chi connectivity index (χ3v) is 3.29. The number of aliphatic hydroxyl groups excluding tert-OH is 1. The smallest absolute Gasteiger partial charge is 0.0521 e. The molecule has 90 valence electrons. The molecule has 1 N–H and O–H groups in total. The van der Waals surface area contributed by atoms with Crippen molar-refractivity contribution in [2.24, 2.45) is 13.0 Å². The van der Waals surface area contributed by atoms with E-state index in [1.807, 2.05) is 17.9 Å². The summed E-state index contributed by atoms with van der Waals surface area (Å²) >= 11 is 0. The summed E-state index contributed by atoms with van der Waals surface area (Å²) in [5.74, 6) is 0.767. The first-order valence-electron chi connectivity index (χ1n) is 6.08. The molecule has 0 aromatic carbocycles. The number of aliphatic hydroxyl groups is 1. The van der Waals surface area contributed by atoms with Crippen molar-refractivity contribution in [3.8, 4) is 0 Å². The Morgan fingerprint density at radius 3 is 3.12 bits per heavy atom. The summed E-state index contributed by atoms with van der Waals surface area (Å²) in [6, 6.07) is 0. The van der Waals surface area contributed by atoms with Crippen LogP contribution >= 0.6 is 0 Å². The van der Waals surface area contributed by atoms with Gasteiger partial charge in [0.2, 0.25) is 0 Å². The van der Waals surface area contributed by atoms with E-state index in [-0.39, 0.29) is 0 Å². The molecule has 0 saturated carbocycles. The van der Waals surface area contributed by atoms with Crippen LogP contribution in [0.3, 0.4) is 0 Å². The Labute approximate surface area is 96.9 Å². The Morgan fingerprint density at radius 1 is 1.56 bits per heavy atom. The number of aryl methyl sites for hydroxylation is 1. The van der Waals surface area contributed by atoms with Crippen molar-refractivity contribution < 1.29 is 5.11 Å². The molecule has 1 aromatic heterocycles. The number of nitrogens with zero attached hydrogens (tertiary/aromatic N) is 3. The van der Waals surface area contributed by atoms with E-state index in [1.54, 1.807) is 0 Å². The molecule has 1 saturated heterocycles. The molecule has 1 atom stereocenters. The Morgan fingerprint density at radius 2 is 2.44 bits per heavy atom. The maximum atomic E-state index is 8.79. The highest BCUT2D eigenvalue weighted by Crippen LogP contribution is 2.20. The first kappa shape index (κ1) is 11.6. The molecule has 2 heterocycles. The van der Waals surface area contributed by atoms with Gasteiger partial charge in [0.05, 0.1) is 6.20 Å². The van der Waals surface area contributed by atoms with Gasteiger partial charge in [0.25, 0.3) is 0 Å². The van der Waals surface area contributed by atoms with Crippen molar-refractivity contribution >= 4 is 0 Å². The topological polar surface area (TPSA) is 41.3 Å². The summed E-state index contributed by atoms with van der Waals surface area (Å²) < 4.78 is 1.87. The summed E-state index contributed by atoms with van der Waals surface area (Å²) in [6.45, 7) is 3.71. The van der Waals surface area contributed by atoms with Gasteiger partial charge >= 0.3 is 0 Å². The molecular formula is C12H21N3O. The third-order valence-electron chi connectivity index (χ3n) is 3.29. The fraction of sp³-hybridized carbons (Fsp3) is 0.750. The van der Waals surface area contributed by atoms with Crippen LogP contribution in [0.1, 0.15) is 18.4 Å². The summed E-state index contributed by atoms with van der Waals surface area (Å²) in [5.41, 5.74) is 1.34. The highest BCUT2D eigenvalue weighted by Gasteiger charge is 2.22. The lowest BCUT2D eigenvalue weighted by molar-refractivity contribution is 0.244. The fourth-order valence-electron chi connectivity index (χ4n) is 2.49. The molecule has 0 radical (unpaired) electrons. The largest absolute Gasteiger partial charge is 0.396 e. The molecule has 4 heteroatoms. The Balaban J connectivity index is 1.76. The van der Waals surface area contributed by atoms with Gasteiger partial charge in [0.15, 0.2) is 0 Å². The number of hydrogen-bond donors (Lipinski definition) is 1. The van der Waals surface area contributed by atoms with Crippen molar-refractivity contribution in [1.29, 1.82) is 0 Å². The van der Waals surface area contributed by atoms with Crippen molar-refractivity contribution in [3.63, 3.8) is 0 Å². The number of likely N-dealkylation sites (tertiary alicyclic amines) is 1. The highest BCUT2D eigenvalue weighted by molar-refractivity contribution is 5.05. The lowest BCUT2D eigenvalue weighted by Crippen LogP contribution is -2.23. The van der Waals surface area contributed by atoms with Crippen LogP contribution in [0.25, 0.3) is 0 Å². The second kappa shape index (κ2) is 5.46. The van der Waals surface area contributed by atoms with E-state index in [1.165, 1.54) is 25.1 Å². The Bertz CT molecular complexity index is 324. The molecule has 1 aliphatic heterocycles. The minimum absolute atomic E-state index is 0.309. The van der Waals surface area contributed by atoms with Gasteiger partial charge in [-0.2, -0.15) is 5.10 Å². The van der Waals surface area contributed by atoms with Crippen LogP contribution in [0.15, 0.2) is 12.4 Å². The van der Waals surface area contributed by atoms with Gasteiger partial charge in [0.1, 0.15) is 0 Å². The van der Waals surface area contributed by atoms with Gasteiger partial charge in [-0.3, -0.25) is 4.68 Å². The predicted octanol–water partition coefficient (Wildman–Crippen LogP) is 0.667. The van der Waals surface area contributed by atoms with Crippen LogP contribution in [0.4, 0.5) is 0 Å². The second-order valence-electron chi connectivity index (χ2n) is 4.76. The van der Waals surface area contributed by atoms with Gasteiger partial charge in [0, 0.05) is 32.9 Å². The van der Waals surface area contributed by atoms with E-state index >= 15 is 0 Å². The maximum Gasteiger partial charge on any atom is 0.0521 e. The molecule has 2 rings (SSSR count). The van der Waals surface area contributed by atoms with Crippen molar-refractivity contribution in [3.05, 3.63) is 18.0 Å². The maximum absolute atomic E-state index is 8.79. The van der Waals surface area contributed by atoms with Crippen LogP contribution in [0, 0.1) is 5.92 Å². The minimum Gasteiger partial charge on any atom is -0.396 e. The van der Waals surface area contributed by atoms with Crippen LogP contribution in [0.5, 0.6) is 0 Å². The SMILES string of the molecule is Cn1cc(CC2CCN(CCCO)C2)cn1. The van der Waals surface area contributed by atoms with Crippen molar-refractivity contribution in [2.75, 3.05) is 26.2 Å². The van der Waals surface area contributed by atoms with Crippen LogP contribution in [-0.2, 0) is 13.5 Å². The van der Waals surface area contributed by atoms with Crippen molar-refractivity contribution in [1.82, 2.24) is 14.7 Å². The Hall–Kier alpha value is -0.870. The molecule has 4 nitrogen and oxygen atoms in total. The van der Waals surface area contributed by atoms with Crippen molar-refractivity contribution in [2.45, 2.75) is 19.3 Å². The van der Waals surface area contributed by atoms with Gasteiger partial charge in [-0.15, -0.1) is 0 Å². The third kappa shape index (κ3) is 3.06. The monoisotopic (exact) mass is 223 g/mol. The first-order chi connectivity index (χ1) is 7.78. The zero-order chi connectivity index (χ0) is 11.4. The molecule has 0 spiro atoms. The van der Waals surface area contributed by atoms with Gasteiger partial charge < -0.3 is 10.0 Å². The lowest BCUT2D eigenvalue weighted by atomic mass is 10.0. The zero-order valence-corrected chi connectivity index (χ0v) is 9.97. The van der Waals surface area contributed by atoms with Gasteiger partial charge in [-0.05, 0) is 37.3 Å². The quantitative estimate of drug-likeness (QED) is 0.797. The summed E-state index contributed by atoms with van der Waals surface area (Å²) in [7, 11) is 1.96. The molecule has 1 fully saturated rings. The van der Waals surface area contributed by atoms with Crippen LogP contribution in [-0.4, -0.2) is 46.0 Å². The normalized spacial score (nSPS) is 21.8. The van der Waals surface area contributed by atoms with E-state index < -0.39 is 0 Å². The summed E-state index contributed by atoms with van der Waals surface area (Å²) in [4.78, 5) is 2.46. The highest BCUT2D eigenvalue weighted by atomic mass is 16.3. The van der Waals surface area contributed by atoms with E-state index in [9.17, 15) is 0 Å². The lowest BCUT2D eigenvalue weighted by Gasteiger charge is -2.14. The van der Waals surface area contributed by atoms with Crippen LogP contribution < -0.4 is 0 Å². The number of hydrogen-bond acceptors (Lipinski definition) is 3. The van der Waals surface area contributed by atoms with E-state index in [0.29, 0.717) is 6.61 Å². The molecule has 1 aromatic rings. The molecule has 16 heavy (non-hydrogen) atoms. The van der Waals surface area contributed by atoms with Gasteiger partial charge in [-0.1, -0.05) is 0 Å². The first-order valence-corrected chi connectivity index (χ1v) is 6.08. The predicted molar refractivity (Wildman–Crippen MR) is 63.2 cm³/mol. The van der Waals surface area contributed by atoms with E-state index in [0.717, 1.165) is 25.3 Å². The average Bonchev–Trinajstić information content (AvgIpc) is 2.86. The molecule has 1 unspecified atom stereocenters. The van der Waals surface area contributed by atoms with Gasteiger partial charge in [-0.25, -0.2) is 0 Å². The van der Waals surface area contributed by atoms with E-state index in [4.69, 9.17) is 5.11 Å². The average molecular weight is 223 g/mol. The number of aromatic nitrogens is 2. The standard InChI is InChI=1S/C12H21N3O/c1-14-9-12(8-13-14)7-11-3-5-15(10-11)4-2-6-16/h8-9,11,16H,2-7,10H2,1H3. The molecular weight excluding hydrogens is 202 g/mol. The summed E-state index contributed by atoms with van der Waals surface area (Å²) in [5, 5.41) is 13.0. The minimum atomic E-state index is 0.309. The zero-order valence-electron chi connectivity index (χ0n) is 9.97. The fourth-order valence-corrected chi connectivity index (χ4v) is 2.49. The molecule has 0 aliphatic carbocycles. The van der Waals surface area contributed by atoms with Crippen LogP contribution in [0.2, 0.25) is 0 Å². The number of rotatable bonds is 5. The molecule has 1 aliphatic rings. The molecule has 0 amide bonds. The Kier molecular flexibility index (Phi) is 3.96.